The van der Waals surface area contributed by atoms with Gasteiger partial charge in [0.25, 0.3) is 0 Å². The average Bonchev–Trinajstić information content (AvgIpc) is 2.47. The normalized spacial score (nSPS) is 30.7. The number of benzene rings is 1. The van der Waals surface area contributed by atoms with Gasteiger partial charge in [0.05, 0.1) is 5.92 Å². The van der Waals surface area contributed by atoms with E-state index in [9.17, 15) is 9.90 Å². The van der Waals surface area contributed by atoms with E-state index in [0.717, 1.165) is 32.6 Å². The van der Waals surface area contributed by atoms with Crippen LogP contribution in [-0.2, 0) is 11.3 Å². The van der Waals surface area contributed by atoms with Crippen LogP contribution in [0.25, 0.3) is 0 Å². The molecule has 0 radical (unpaired) electrons. The van der Waals surface area contributed by atoms with Crippen molar-refractivity contribution in [2.24, 2.45) is 17.8 Å². The summed E-state index contributed by atoms with van der Waals surface area (Å²) in [6.07, 6.45) is 1.10. The summed E-state index contributed by atoms with van der Waals surface area (Å²) in [5.74, 6) is -0.0465. The summed E-state index contributed by atoms with van der Waals surface area (Å²) < 4.78 is 0. The van der Waals surface area contributed by atoms with Crippen LogP contribution in [0.1, 0.15) is 12.0 Å². The molecule has 0 saturated carbocycles. The first-order valence-electron chi connectivity index (χ1n) is 7.44. The average molecular weight is 274 g/mol. The third kappa shape index (κ3) is 2.86. The van der Waals surface area contributed by atoms with Gasteiger partial charge in [-0.2, -0.15) is 0 Å². The zero-order valence-electron chi connectivity index (χ0n) is 11.7. The SMILES string of the molecule is O=C(O)C1CN(Cc2ccccc2)CC2CCNCC21. The summed E-state index contributed by atoms with van der Waals surface area (Å²) in [5.41, 5.74) is 1.27. The van der Waals surface area contributed by atoms with Gasteiger partial charge in [-0.15, -0.1) is 0 Å². The van der Waals surface area contributed by atoms with E-state index in [2.05, 4.69) is 22.3 Å². The standard InChI is InChI=1S/C16H22N2O2/c19-16(20)15-11-18(9-12-4-2-1-3-5-12)10-13-6-7-17-8-14(13)15/h1-5,13-15,17H,6-11H2,(H,19,20). The van der Waals surface area contributed by atoms with Crippen molar-refractivity contribution in [3.05, 3.63) is 35.9 Å². The summed E-state index contributed by atoms with van der Waals surface area (Å²) in [7, 11) is 0. The Morgan fingerprint density at radius 2 is 2.10 bits per heavy atom. The number of piperidine rings is 2. The molecule has 4 nitrogen and oxygen atoms in total. The fourth-order valence-corrected chi connectivity index (χ4v) is 3.69. The van der Waals surface area contributed by atoms with Crippen LogP contribution in [0.5, 0.6) is 0 Å². The minimum Gasteiger partial charge on any atom is -0.481 e. The van der Waals surface area contributed by atoms with E-state index in [1.807, 2.05) is 18.2 Å². The molecule has 0 spiro atoms. The second-order valence-electron chi connectivity index (χ2n) is 6.04. The van der Waals surface area contributed by atoms with Gasteiger partial charge < -0.3 is 10.4 Å². The van der Waals surface area contributed by atoms with Gasteiger partial charge in [-0.05, 0) is 36.9 Å². The van der Waals surface area contributed by atoms with Gasteiger partial charge in [0.2, 0.25) is 0 Å². The highest BCUT2D eigenvalue weighted by atomic mass is 16.4. The Kier molecular flexibility index (Phi) is 4.03. The molecule has 4 heteroatoms. The first kappa shape index (κ1) is 13.6. The molecular weight excluding hydrogens is 252 g/mol. The zero-order valence-corrected chi connectivity index (χ0v) is 11.7. The first-order chi connectivity index (χ1) is 9.74. The molecule has 0 bridgehead atoms. The van der Waals surface area contributed by atoms with Crippen LogP contribution in [0.15, 0.2) is 30.3 Å². The van der Waals surface area contributed by atoms with E-state index in [1.165, 1.54) is 5.56 Å². The van der Waals surface area contributed by atoms with Crippen molar-refractivity contribution >= 4 is 5.97 Å². The summed E-state index contributed by atoms with van der Waals surface area (Å²) in [4.78, 5) is 13.9. The number of rotatable bonds is 3. The van der Waals surface area contributed by atoms with Crippen LogP contribution in [0.4, 0.5) is 0 Å². The summed E-state index contributed by atoms with van der Waals surface area (Å²) in [6.45, 7) is 4.45. The topological polar surface area (TPSA) is 52.6 Å². The second kappa shape index (κ2) is 5.94. The molecule has 3 rings (SSSR count). The third-order valence-corrected chi connectivity index (χ3v) is 4.71. The third-order valence-electron chi connectivity index (χ3n) is 4.71. The molecule has 2 saturated heterocycles. The smallest absolute Gasteiger partial charge is 0.308 e. The molecule has 0 amide bonds. The summed E-state index contributed by atoms with van der Waals surface area (Å²) in [6, 6.07) is 10.3. The molecule has 0 aromatic heterocycles. The zero-order chi connectivity index (χ0) is 13.9. The summed E-state index contributed by atoms with van der Waals surface area (Å²) in [5, 5.41) is 12.9. The Labute approximate surface area is 119 Å². The van der Waals surface area contributed by atoms with Crippen molar-refractivity contribution in [2.75, 3.05) is 26.2 Å². The fourth-order valence-electron chi connectivity index (χ4n) is 3.69. The molecule has 2 heterocycles. The molecule has 3 atom stereocenters. The predicted molar refractivity (Wildman–Crippen MR) is 77.3 cm³/mol. The molecule has 2 aliphatic rings. The Morgan fingerprint density at radius 1 is 1.30 bits per heavy atom. The van der Waals surface area contributed by atoms with Gasteiger partial charge in [-0.25, -0.2) is 0 Å². The number of carbonyl (C=O) groups is 1. The first-order valence-corrected chi connectivity index (χ1v) is 7.44. The number of aliphatic carboxylic acids is 1. The molecular formula is C16H22N2O2. The van der Waals surface area contributed by atoms with Crippen LogP contribution in [0.2, 0.25) is 0 Å². The van der Waals surface area contributed by atoms with E-state index in [0.29, 0.717) is 18.4 Å². The van der Waals surface area contributed by atoms with Gasteiger partial charge >= 0.3 is 5.97 Å². The maximum atomic E-state index is 11.6. The summed E-state index contributed by atoms with van der Waals surface area (Å²) >= 11 is 0. The lowest BCUT2D eigenvalue weighted by atomic mass is 9.74. The maximum absolute atomic E-state index is 11.6. The Bertz CT molecular complexity index is 463. The molecule has 0 aliphatic carbocycles. The van der Waals surface area contributed by atoms with E-state index in [-0.39, 0.29) is 5.92 Å². The van der Waals surface area contributed by atoms with Crippen LogP contribution in [0.3, 0.4) is 0 Å². The van der Waals surface area contributed by atoms with Crippen LogP contribution in [0, 0.1) is 17.8 Å². The molecule has 1 aromatic rings. The largest absolute Gasteiger partial charge is 0.481 e. The van der Waals surface area contributed by atoms with Crippen LogP contribution < -0.4 is 5.32 Å². The molecule has 2 N–H and O–H groups in total. The van der Waals surface area contributed by atoms with Crippen molar-refractivity contribution in [2.45, 2.75) is 13.0 Å². The van der Waals surface area contributed by atoms with E-state index >= 15 is 0 Å². The van der Waals surface area contributed by atoms with Crippen molar-refractivity contribution in [1.29, 1.82) is 0 Å². The van der Waals surface area contributed by atoms with Crippen molar-refractivity contribution in [1.82, 2.24) is 10.2 Å². The minimum atomic E-state index is -0.638. The van der Waals surface area contributed by atoms with Gasteiger partial charge in [0, 0.05) is 19.6 Å². The van der Waals surface area contributed by atoms with Crippen molar-refractivity contribution in [3.8, 4) is 0 Å². The van der Waals surface area contributed by atoms with Crippen molar-refractivity contribution < 1.29 is 9.90 Å². The molecule has 1 aromatic carbocycles. The monoisotopic (exact) mass is 274 g/mol. The van der Waals surface area contributed by atoms with E-state index in [4.69, 9.17) is 0 Å². The molecule has 20 heavy (non-hydrogen) atoms. The Balaban J connectivity index is 1.72. The maximum Gasteiger partial charge on any atom is 0.308 e. The van der Waals surface area contributed by atoms with E-state index in [1.54, 1.807) is 0 Å². The highest BCUT2D eigenvalue weighted by Gasteiger charge is 2.41. The molecule has 2 fully saturated rings. The molecule has 108 valence electrons. The predicted octanol–water partition coefficient (Wildman–Crippen LogP) is 1.43. The van der Waals surface area contributed by atoms with Gasteiger partial charge in [0.15, 0.2) is 0 Å². The number of hydrogen-bond acceptors (Lipinski definition) is 3. The Morgan fingerprint density at radius 3 is 2.85 bits per heavy atom. The number of fused-ring (bicyclic) bond motifs is 1. The van der Waals surface area contributed by atoms with Gasteiger partial charge in [0.1, 0.15) is 0 Å². The molecule has 2 aliphatic heterocycles. The second-order valence-corrected chi connectivity index (χ2v) is 6.04. The van der Waals surface area contributed by atoms with E-state index < -0.39 is 5.97 Å². The highest BCUT2D eigenvalue weighted by Crippen LogP contribution is 2.33. The lowest BCUT2D eigenvalue weighted by molar-refractivity contribution is -0.148. The molecule has 3 unspecified atom stereocenters. The lowest BCUT2D eigenvalue weighted by Gasteiger charge is -2.45. The number of carboxylic acids is 1. The quantitative estimate of drug-likeness (QED) is 0.875. The van der Waals surface area contributed by atoms with Gasteiger partial charge in [-0.1, -0.05) is 30.3 Å². The van der Waals surface area contributed by atoms with Crippen LogP contribution >= 0.6 is 0 Å². The minimum absolute atomic E-state index is 0.231. The lowest BCUT2D eigenvalue weighted by Crippen LogP contribution is -2.54. The number of carboxylic acid groups (broad SMARTS) is 1. The number of likely N-dealkylation sites (tertiary alicyclic amines) is 1. The number of nitrogens with one attached hydrogen (secondary N) is 1. The number of hydrogen-bond donors (Lipinski definition) is 2. The Hall–Kier alpha value is -1.39. The van der Waals surface area contributed by atoms with Gasteiger partial charge in [-0.3, -0.25) is 9.69 Å². The highest BCUT2D eigenvalue weighted by molar-refractivity contribution is 5.71. The van der Waals surface area contributed by atoms with Crippen LogP contribution in [-0.4, -0.2) is 42.2 Å². The number of nitrogens with zero attached hydrogens (tertiary/aromatic N) is 1. The fraction of sp³-hybridized carbons (Fsp3) is 0.562. The van der Waals surface area contributed by atoms with Crippen molar-refractivity contribution in [3.63, 3.8) is 0 Å².